The van der Waals surface area contributed by atoms with E-state index in [1.165, 1.54) is 0 Å². The summed E-state index contributed by atoms with van der Waals surface area (Å²) in [5.74, 6) is 0.550. The quantitative estimate of drug-likeness (QED) is 0.337. The number of hydrogen-bond acceptors (Lipinski definition) is 3. The number of fused-ring (bicyclic) bond motifs is 2. The van der Waals surface area contributed by atoms with Crippen molar-refractivity contribution in [1.29, 1.82) is 0 Å². The normalized spacial score (nSPS) is 10.9. The molecule has 0 saturated heterocycles. The summed E-state index contributed by atoms with van der Waals surface area (Å²) < 4.78 is 5.92. The van der Waals surface area contributed by atoms with Crippen molar-refractivity contribution in [3.05, 3.63) is 83.4 Å². The van der Waals surface area contributed by atoms with Crippen molar-refractivity contribution < 1.29 is 4.74 Å². The van der Waals surface area contributed by atoms with Gasteiger partial charge in [-0.05, 0) is 36.5 Å². The van der Waals surface area contributed by atoms with E-state index in [1.807, 2.05) is 60.7 Å². The van der Waals surface area contributed by atoms with Crippen LogP contribution in [-0.4, -0.2) is 10.0 Å². The highest BCUT2D eigenvalue weighted by Crippen LogP contribution is 2.29. The molecule has 0 fully saturated rings. The molecule has 4 heteroatoms. The molecule has 0 saturated carbocycles. The fourth-order valence-corrected chi connectivity index (χ4v) is 3.22. The second kappa shape index (κ2) is 6.19. The minimum Gasteiger partial charge on any atom is -0.444 e. The second-order valence-corrected chi connectivity index (χ2v) is 6.12. The largest absolute Gasteiger partial charge is 0.444 e. The van der Waals surface area contributed by atoms with Gasteiger partial charge >= 0.3 is 0 Å². The van der Waals surface area contributed by atoms with E-state index in [1.54, 1.807) is 12.1 Å². The van der Waals surface area contributed by atoms with Crippen molar-refractivity contribution in [3.63, 3.8) is 0 Å². The van der Waals surface area contributed by atoms with E-state index in [-0.39, 0.29) is 0 Å². The molecule has 0 aliphatic rings. The minimum atomic E-state index is 0.387. The number of pyridine rings is 1. The number of hydrogen-bond donors (Lipinski definition) is 0. The number of nitrogens with zero attached hydrogens (tertiary/aromatic N) is 1. The van der Waals surface area contributed by atoms with E-state index < -0.39 is 0 Å². The number of thiocarbonyl (C=S) groups is 1. The summed E-state index contributed by atoms with van der Waals surface area (Å²) in [6, 6.07) is 23.1. The summed E-state index contributed by atoms with van der Waals surface area (Å²) in [6.45, 7) is 0. The molecule has 3 aromatic carbocycles. The molecule has 0 radical (unpaired) electrons. The number of halogens is 1. The fraction of sp³-hybridized carbons (Fsp3) is 0. The highest BCUT2D eigenvalue weighted by Gasteiger charge is 2.15. The van der Waals surface area contributed by atoms with Crippen LogP contribution in [0.4, 0.5) is 0 Å². The molecule has 0 spiro atoms. The highest BCUT2D eigenvalue weighted by molar-refractivity contribution is 7.80. The van der Waals surface area contributed by atoms with E-state index in [9.17, 15) is 0 Å². The molecule has 1 heterocycles. The van der Waals surface area contributed by atoms with Crippen molar-refractivity contribution in [1.82, 2.24) is 4.98 Å². The molecule has 24 heavy (non-hydrogen) atoms. The van der Waals surface area contributed by atoms with E-state index in [0.717, 1.165) is 27.4 Å². The molecule has 0 unspecified atom stereocenters. The lowest BCUT2D eigenvalue weighted by Crippen LogP contribution is -2.09. The van der Waals surface area contributed by atoms with Gasteiger partial charge in [0.2, 0.25) is 0 Å². The van der Waals surface area contributed by atoms with Gasteiger partial charge in [0.15, 0.2) is 5.05 Å². The van der Waals surface area contributed by atoms with Crippen LogP contribution in [0.3, 0.4) is 0 Å². The molecule has 1 aromatic heterocycles. The van der Waals surface area contributed by atoms with Crippen LogP contribution in [0, 0.1) is 0 Å². The maximum absolute atomic E-state index is 6.20. The Hall–Kier alpha value is -2.49. The first-order valence-corrected chi connectivity index (χ1v) is 8.27. The van der Waals surface area contributed by atoms with Crippen LogP contribution in [0.15, 0.2) is 72.8 Å². The molecular weight excluding hydrogens is 338 g/mol. The molecule has 2 nitrogen and oxygen atoms in total. The standard InChI is InChI=1S/C20H12ClNOS/c21-15-9-3-6-12-18(15)23-20(24)19-13-7-1-4-10-16(13)22-17-11-5-2-8-14(17)19/h1-12H. The third kappa shape index (κ3) is 2.62. The Kier molecular flexibility index (Phi) is 3.89. The Balaban J connectivity index is 1.93. The number of rotatable bonds is 2. The van der Waals surface area contributed by atoms with Gasteiger partial charge in [0, 0.05) is 16.3 Å². The van der Waals surface area contributed by atoms with Gasteiger partial charge in [-0.15, -0.1) is 0 Å². The van der Waals surface area contributed by atoms with Crippen LogP contribution in [0.2, 0.25) is 5.02 Å². The van der Waals surface area contributed by atoms with Crippen molar-refractivity contribution in [3.8, 4) is 5.75 Å². The summed E-state index contributed by atoms with van der Waals surface area (Å²) in [7, 11) is 0. The predicted octanol–water partition coefficient (Wildman–Crippen LogP) is 5.80. The lowest BCUT2D eigenvalue weighted by molar-refractivity contribution is 0.568. The minimum absolute atomic E-state index is 0.387. The van der Waals surface area contributed by atoms with Crippen molar-refractivity contribution in [2.24, 2.45) is 0 Å². The van der Waals surface area contributed by atoms with Gasteiger partial charge in [0.1, 0.15) is 5.75 Å². The van der Waals surface area contributed by atoms with Gasteiger partial charge in [-0.2, -0.15) is 0 Å². The fourth-order valence-electron chi connectivity index (χ4n) is 2.74. The molecule has 0 aliphatic heterocycles. The molecule has 116 valence electrons. The van der Waals surface area contributed by atoms with Crippen LogP contribution < -0.4 is 4.74 Å². The van der Waals surface area contributed by atoms with Crippen LogP contribution in [0.5, 0.6) is 5.75 Å². The number of para-hydroxylation sites is 3. The van der Waals surface area contributed by atoms with Crippen molar-refractivity contribution in [2.75, 3.05) is 0 Å². The first kappa shape index (κ1) is 15.1. The van der Waals surface area contributed by atoms with Gasteiger partial charge in [0.25, 0.3) is 0 Å². The van der Waals surface area contributed by atoms with Gasteiger partial charge in [0.05, 0.1) is 16.1 Å². The number of benzene rings is 3. The van der Waals surface area contributed by atoms with E-state index >= 15 is 0 Å². The lowest BCUT2D eigenvalue weighted by Gasteiger charge is -2.13. The zero-order valence-electron chi connectivity index (χ0n) is 12.6. The topological polar surface area (TPSA) is 22.1 Å². The SMILES string of the molecule is S=C(Oc1ccccc1Cl)c1c2ccccc2nc2ccccc12. The Morgan fingerprint density at radius 3 is 1.96 bits per heavy atom. The van der Waals surface area contributed by atoms with Gasteiger partial charge < -0.3 is 4.74 Å². The van der Waals surface area contributed by atoms with E-state index in [4.69, 9.17) is 33.5 Å². The van der Waals surface area contributed by atoms with Crippen LogP contribution in [0.25, 0.3) is 21.8 Å². The average Bonchev–Trinajstić information content (AvgIpc) is 2.61. The Bertz CT molecular complexity index is 1020. The molecule has 4 rings (SSSR count). The Morgan fingerprint density at radius 1 is 0.792 bits per heavy atom. The maximum Gasteiger partial charge on any atom is 0.199 e. The Morgan fingerprint density at radius 2 is 1.33 bits per heavy atom. The zero-order chi connectivity index (χ0) is 16.5. The van der Waals surface area contributed by atoms with Crippen LogP contribution in [-0.2, 0) is 0 Å². The molecule has 0 aliphatic carbocycles. The zero-order valence-corrected chi connectivity index (χ0v) is 14.1. The summed E-state index contributed by atoms with van der Waals surface area (Å²) in [5, 5.41) is 2.85. The Labute approximate surface area is 149 Å². The summed E-state index contributed by atoms with van der Waals surface area (Å²) in [4.78, 5) is 4.70. The van der Waals surface area contributed by atoms with Crippen LogP contribution >= 0.6 is 23.8 Å². The monoisotopic (exact) mass is 349 g/mol. The predicted molar refractivity (Wildman–Crippen MR) is 103 cm³/mol. The molecule has 0 amide bonds. The van der Waals surface area contributed by atoms with E-state index in [0.29, 0.717) is 15.8 Å². The van der Waals surface area contributed by atoms with Gasteiger partial charge in [-0.1, -0.05) is 60.1 Å². The summed E-state index contributed by atoms with van der Waals surface area (Å²) >= 11 is 11.8. The summed E-state index contributed by atoms with van der Waals surface area (Å²) in [6.07, 6.45) is 0. The first-order valence-electron chi connectivity index (χ1n) is 7.48. The maximum atomic E-state index is 6.20. The third-order valence-corrected chi connectivity index (χ3v) is 4.43. The van der Waals surface area contributed by atoms with Crippen LogP contribution in [0.1, 0.15) is 5.56 Å². The number of ether oxygens (including phenoxy) is 1. The smallest absolute Gasteiger partial charge is 0.199 e. The van der Waals surface area contributed by atoms with Crippen molar-refractivity contribution >= 4 is 50.7 Å². The molecule has 0 N–H and O–H groups in total. The molecule has 0 bridgehead atoms. The summed E-state index contributed by atoms with van der Waals surface area (Å²) in [5.41, 5.74) is 2.64. The van der Waals surface area contributed by atoms with E-state index in [2.05, 4.69) is 0 Å². The average molecular weight is 350 g/mol. The van der Waals surface area contributed by atoms with Gasteiger partial charge in [-0.3, -0.25) is 0 Å². The highest BCUT2D eigenvalue weighted by atomic mass is 35.5. The lowest BCUT2D eigenvalue weighted by atomic mass is 10.0. The third-order valence-electron chi connectivity index (χ3n) is 3.83. The van der Waals surface area contributed by atoms with Gasteiger partial charge in [-0.25, -0.2) is 4.98 Å². The first-order chi connectivity index (χ1) is 11.7. The second-order valence-electron chi connectivity index (χ2n) is 5.34. The van der Waals surface area contributed by atoms with Crippen molar-refractivity contribution in [2.45, 2.75) is 0 Å². The number of aromatic nitrogens is 1. The molecular formula is C20H12ClNOS. The molecule has 0 atom stereocenters. The molecule has 4 aromatic rings.